The summed E-state index contributed by atoms with van der Waals surface area (Å²) in [6.07, 6.45) is 4.01. The van der Waals surface area contributed by atoms with E-state index in [4.69, 9.17) is 0 Å². The van der Waals surface area contributed by atoms with Crippen molar-refractivity contribution < 1.29 is 9.59 Å². The van der Waals surface area contributed by atoms with Crippen LogP contribution in [-0.2, 0) is 9.59 Å². The van der Waals surface area contributed by atoms with Crippen LogP contribution in [0.1, 0.15) is 63.6 Å². The first-order valence-corrected chi connectivity index (χ1v) is 9.63. The van der Waals surface area contributed by atoms with E-state index in [1.54, 1.807) is 0 Å². The largest absolute Gasteiger partial charge is 0.354 e. The third kappa shape index (κ3) is 6.13. The highest BCUT2D eigenvalue weighted by atomic mass is 16.2. The van der Waals surface area contributed by atoms with E-state index < -0.39 is 0 Å². The van der Waals surface area contributed by atoms with Gasteiger partial charge in [-0.2, -0.15) is 0 Å². The van der Waals surface area contributed by atoms with E-state index >= 15 is 0 Å². The first-order valence-electron chi connectivity index (χ1n) is 9.63. The monoisotopic (exact) mass is 359 g/mol. The van der Waals surface area contributed by atoms with Gasteiger partial charge in [0.2, 0.25) is 11.8 Å². The van der Waals surface area contributed by atoms with Gasteiger partial charge in [0.15, 0.2) is 0 Å². The zero-order chi connectivity index (χ0) is 19.2. The zero-order valence-corrected chi connectivity index (χ0v) is 16.6. The molecule has 0 aliphatic carbocycles. The first kappa shape index (κ1) is 20.4. The summed E-state index contributed by atoms with van der Waals surface area (Å²) < 4.78 is 0. The van der Waals surface area contributed by atoms with Gasteiger partial charge < -0.3 is 10.6 Å². The number of nitrogens with one attached hydrogen (secondary N) is 2. The number of benzene rings is 1. The summed E-state index contributed by atoms with van der Waals surface area (Å²) >= 11 is 0. The third-order valence-corrected chi connectivity index (χ3v) is 5.18. The van der Waals surface area contributed by atoms with Crippen molar-refractivity contribution in [1.82, 2.24) is 15.5 Å². The minimum Gasteiger partial charge on any atom is -0.354 e. The molecule has 26 heavy (non-hydrogen) atoms. The molecule has 1 aliphatic heterocycles. The maximum absolute atomic E-state index is 12.5. The van der Waals surface area contributed by atoms with Gasteiger partial charge >= 0.3 is 0 Å². The molecule has 5 heteroatoms. The molecule has 2 rings (SSSR count). The number of carbonyl (C=O) groups excluding carboxylic acids is 2. The van der Waals surface area contributed by atoms with Gasteiger partial charge in [0.1, 0.15) is 0 Å². The summed E-state index contributed by atoms with van der Waals surface area (Å²) in [5.74, 6) is -0.161. The number of piperidine rings is 1. The lowest BCUT2D eigenvalue weighted by Gasteiger charge is -2.41. The molecule has 1 unspecified atom stereocenters. The Balaban J connectivity index is 1.93. The van der Waals surface area contributed by atoms with Gasteiger partial charge in [-0.3, -0.25) is 14.5 Å². The van der Waals surface area contributed by atoms with Crippen LogP contribution >= 0.6 is 0 Å². The number of likely N-dealkylation sites (tertiary alicyclic amines) is 1. The van der Waals surface area contributed by atoms with Gasteiger partial charge in [-0.25, -0.2) is 0 Å². The molecule has 2 amide bonds. The van der Waals surface area contributed by atoms with Crippen molar-refractivity contribution in [2.45, 2.75) is 65.0 Å². The van der Waals surface area contributed by atoms with Gasteiger partial charge in [0.05, 0.1) is 12.5 Å². The van der Waals surface area contributed by atoms with Gasteiger partial charge in [0, 0.05) is 19.0 Å². The van der Waals surface area contributed by atoms with Crippen LogP contribution in [0, 0.1) is 6.92 Å². The molecular formula is C21H33N3O2. The maximum atomic E-state index is 12.5. The van der Waals surface area contributed by atoms with Crippen molar-refractivity contribution in [3.8, 4) is 0 Å². The van der Waals surface area contributed by atoms with E-state index in [0.29, 0.717) is 6.54 Å². The normalized spacial score (nSPS) is 16.8. The molecule has 1 fully saturated rings. The lowest BCUT2D eigenvalue weighted by Crippen LogP contribution is -2.53. The average molecular weight is 360 g/mol. The summed E-state index contributed by atoms with van der Waals surface area (Å²) in [6.45, 7) is 10.7. The number of aryl methyl sites for hydroxylation is 1. The molecule has 1 aliphatic rings. The summed E-state index contributed by atoms with van der Waals surface area (Å²) in [7, 11) is 0. The fourth-order valence-electron chi connectivity index (χ4n) is 3.48. The SMILES string of the molecule is CC(=O)NC(CC(=O)NCC(C)(C)N1CCCCC1)c1ccc(C)cc1. The lowest BCUT2D eigenvalue weighted by atomic mass is 9.98. The van der Waals surface area contributed by atoms with Crippen molar-refractivity contribution in [3.05, 3.63) is 35.4 Å². The molecular weight excluding hydrogens is 326 g/mol. The highest BCUT2D eigenvalue weighted by Crippen LogP contribution is 2.21. The molecule has 0 radical (unpaired) electrons. The Morgan fingerprint density at radius 1 is 1.12 bits per heavy atom. The Morgan fingerprint density at radius 3 is 2.31 bits per heavy atom. The Labute approximate surface area is 157 Å². The third-order valence-electron chi connectivity index (χ3n) is 5.18. The second kappa shape index (κ2) is 9.17. The second-order valence-corrected chi connectivity index (χ2v) is 8.00. The second-order valence-electron chi connectivity index (χ2n) is 8.00. The summed E-state index contributed by atoms with van der Waals surface area (Å²) in [4.78, 5) is 26.5. The molecule has 2 N–H and O–H groups in total. The van der Waals surface area contributed by atoms with E-state index in [1.165, 1.54) is 26.2 Å². The smallest absolute Gasteiger partial charge is 0.222 e. The quantitative estimate of drug-likeness (QED) is 0.787. The van der Waals surface area contributed by atoms with Gasteiger partial charge in [-0.1, -0.05) is 36.2 Å². The number of amides is 2. The molecule has 1 aromatic rings. The predicted molar refractivity (Wildman–Crippen MR) is 105 cm³/mol. The number of hydrogen-bond acceptors (Lipinski definition) is 3. The highest BCUT2D eigenvalue weighted by molar-refractivity contribution is 5.79. The molecule has 144 valence electrons. The Bertz CT molecular complexity index is 604. The number of carbonyl (C=O) groups is 2. The molecule has 0 aromatic heterocycles. The lowest BCUT2D eigenvalue weighted by molar-refractivity contribution is -0.123. The summed E-state index contributed by atoms with van der Waals surface area (Å²) in [5.41, 5.74) is 2.06. The first-order chi connectivity index (χ1) is 12.3. The molecule has 1 aromatic carbocycles. The van der Waals surface area contributed by atoms with Crippen molar-refractivity contribution >= 4 is 11.8 Å². The molecule has 1 saturated heterocycles. The zero-order valence-electron chi connectivity index (χ0n) is 16.6. The summed E-state index contributed by atoms with van der Waals surface area (Å²) in [6, 6.07) is 7.65. The topological polar surface area (TPSA) is 61.4 Å². The van der Waals surface area contributed by atoms with E-state index in [0.717, 1.165) is 24.2 Å². The van der Waals surface area contributed by atoms with Crippen molar-refractivity contribution in [2.75, 3.05) is 19.6 Å². The van der Waals surface area contributed by atoms with Crippen LogP contribution in [0.3, 0.4) is 0 Å². The minimum atomic E-state index is -0.300. The average Bonchev–Trinajstić information content (AvgIpc) is 2.60. The maximum Gasteiger partial charge on any atom is 0.222 e. The number of hydrogen-bond donors (Lipinski definition) is 2. The molecule has 5 nitrogen and oxygen atoms in total. The molecule has 0 bridgehead atoms. The van der Waals surface area contributed by atoms with E-state index in [9.17, 15) is 9.59 Å². The number of nitrogens with zero attached hydrogens (tertiary/aromatic N) is 1. The van der Waals surface area contributed by atoms with E-state index in [-0.39, 0.29) is 29.8 Å². The molecule has 1 heterocycles. The Hall–Kier alpha value is -1.88. The van der Waals surface area contributed by atoms with Gasteiger partial charge in [0.25, 0.3) is 0 Å². The van der Waals surface area contributed by atoms with Crippen LogP contribution in [-0.4, -0.2) is 41.9 Å². The fourth-order valence-corrected chi connectivity index (χ4v) is 3.48. The van der Waals surface area contributed by atoms with Crippen molar-refractivity contribution in [1.29, 1.82) is 0 Å². The van der Waals surface area contributed by atoms with Crippen LogP contribution in [0.15, 0.2) is 24.3 Å². The van der Waals surface area contributed by atoms with Crippen molar-refractivity contribution in [3.63, 3.8) is 0 Å². The highest BCUT2D eigenvalue weighted by Gasteiger charge is 2.28. The number of rotatable bonds is 7. The fraction of sp³-hybridized carbons (Fsp3) is 0.619. The predicted octanol–water partition coefficient (Wildman–Crippen LogP) is 2.94. The van der Waals surface area contributed by atoms with Crippen LogP contribution in [0.25, 0.3) is 0 Å². The molecule has 0 saturated carbocycles. The van der Waals surface area contributed by atoms with Crippen LogP contribution < -0.4 is 10.6 Å². The van der Waals surface area contributed by atoms with Crippen LogP contribution in [0.4, 0.5) is 0 Å². The van der Waals surface area contributed by atoms with Crippen LogP contribution in [0.2, 0.25) is 0 Å². The standard InChI is InChI=1S/C21H33N3O2/c1-16-8-10-18(11-9-16)19(23-17(2)25)14-20(26)22-15-21(3,4)24-12-6-5-7-13-24/h8-11,19H,5-7,12-15H2,1-4H3,(H,22,26)(H,23,25). The molecule has 1 atom stereocenters. The Morgan fingerprint density at radius 2 is 1.73 bits per heavy atom. The van der Waals surface area contributed by atoms with Gasteiger partial charge in [-0.05, 0) is 52.3 Å². The Kier molecular flexibility index (Phi) is 7.21. The van der Waals surface area contributed by atoms with E-state index in [2.05, 4.69) is 29.4 Å². The molecule has 0 spiro atoms. The van der Waals surface area contributed by atoms with Crippen LogP contribution in [0.5, 0.6) is 0 Å². The van der Waals surface area contributed by atoms with E-state index in [1.807, 2.05) is 31.2 Å². The van der Waals surface area contributed by atoms with Crippen molar-refractivity contribution in [2.24, 2.45) is 0 Å². The minimum absolute atomic E-state index is 0.0330. The van der Waals surface area contributed by atoms with Gasteiger partial charge in [-0.15, -0.1) is 0 Å². The summed E-state index contributed by atoms with van der Waals surface area (Å²) in [5, 5.41) is 5.97.